The van der Waals surface area contributed by atoms with Crippen molar-refractivity contribution in [3.63, 3.8) is 0 Å². The fourth-order valence-electron chi connectivity index (χ4n) is 2.92. The second-order valence-electron chi connectivity index (χ2n) is 6.27. The summed E-state index contributed by atoms with van der Waals surface area (Å²) in [6, 6.07) is 9.59. The largest absolute Gasteiger partial charge is 0.493 e. The molecule has 0 amide bonds. The summed E-state index contributed by atoms with van der Waals surface area (Å²) in [5.41, 5.74) is 1.99. The van der Waals surface area contributed by atoms with Crippen LogP contribution in [0.3, 0.4) is 0 Å². The molecule has 0 aromatic heterocycles. The van der Waals surface area contributed by atoms with E-state index in [-0.39, 0.29) is 0 Å². The Balaban J connectivity index is 2.15. The van der Waals surface area contributed by atoms with Crippen LogP contribution in [-0.4, -0.2) is 48.1 Å². The van der Waals surface area contributed by atoms with Gasteiger partial charge >= 0.3 is 0 Å². The van der Waals surface area contributed by atoms with E-state index < -0.39 is 0 Å². The Labute approximate surface area is 178 Å². The zero-order chi connectivity index (χ0) is 21.9. The molecule has 0 spiro atoms. The van der Waals surface area contributed by atoms with E-state index >= 15 is 0 Å². The molecule has 2 aromatic rings. The van der Waals surface area contributed by atoms with Crippen molar-refractivity contribution in [2.75, 3.05) is 42.1 Å². The number of aliphatic imine (C=N–C) groups is 1. The SMILES string of the molecule is CCNC(=NCc1cc(OC)c(OC)c(OC)c1)NCc1ccc(OC)c(OC)c1. The van der Waals surface area contributed by atoms with Crippen LogP contribution in [0.2, 0.25) is 0 Å². The highest BCUT2D eigenvalue weighted by molar-refractivity contribution is 5.79. The standard InChI is InChI=1S/C22H31N3O5/c1-7-23-22(24-13-15-8-9-17(26-2)18(10-15)27-3)25-14-16-11-19(28-4)21(30-6)20(12-16)29-5/h8-12H,7,13-14H2,1-6H3,(H2,23,24,25). The van der Waals surface area contributed by atoms with Gasteiger partial charge < -0.3 is 34.3 Å². The number of methoxy groups -OCH3 is 5. The highest BCUT2D eigenvalue weighted by Gasteiger charge is 2.13. The van der Waals surface area contributed by atoms with E-state index in [1.54, 1.807) is 35.5 Å². The molecule has 2 aromatic carbocycles. The number of benzene rings is 2. The third-order valence-electron chi connectivity index (χ3n) is 4.40. The lowest BCUT2D eigenvalue weighted by Crippen LogP contribution is -2.36. The number of guanidine groups is 1. The maximum atomic E-state index is 5.41. The van der Waals surface area contributed by atoms with E-state index in [4.69, 9.17) is 23.7 Å². The fourth-order valence-corrected chi connectivity index (χ4v) is 2.92. The maximum absolute atomic E-state index is 5.41. The predicted molar refractivity (Wildman–Crippen MR) is 117 cm³/mol. The van der Waals surface area contributed by atoms with Crippen molar-refractivity contribution < 1.29 is 23.7 Å². The van der Waals surface area contributed by atoms with Gasteiger partial charge in [-0.25, -0.2) is 4.99 Å². The number of hydrogen-bond donors (Lipinski definition) is 2. The molecule has 164 valence electrons. The van der Waals surface area contributed by atoms with Crippen molar-refractivity contribution in [1.82, 2.24) is 10.6 Å². The summed E-state index contributed by atoms with van der Waals surface area (Å²) in [6.45, 7) is 3.79. The molecule has 0 heterocycles. The van der Waals surface area contributed by atoms with Gasteiger partial charge in [0.15, 0.2) is 29.0 Å². The van der Waals surface area contributed by atoms with Gasteiger partial charge in [-0.3, -0.25) is 0 Å². The van der Waals surface area contributed by atoms with Crippen molar-refractivity contribution >= 4 is 5.96 Å². The highest BCUT2D eigenvalue weighted by atomic mass is 16.5. The van der Waals surface area contributed by atoms with Crippen molar-refractivity contribution in [3.05, 3.63) is 41.5 Å². The average molecular weight is 418 g/mol. The van der Waals surface area contributed by atoms with Crippen molar-refractivity contribution in [2.45, 2.75) is 20.0 Å². The van der Waals surface area contributed by atoms with Gasteiger partial charge in [0, 0.05) is 13.1 Å². The quantitative estimate of drug-likeness (QED) is 0.454. The van der Waals surface area contributed by atoms with E-state index in [0.29, 0.717) is 47.8 Å². The summed E-state index contributed by atoms with van der Waals surface area (Å²) in [4.78, 5) is 4.67. The van der Waals surface area contributed by atoms with Gasteiger partial charge in [-0.05, 0) is 42.3 Å². The van der Waals surface area contributed by atoms with E-state index in [0.717, 1.165) is 17.7 Å². The Bertz CT molecular complexity index is 830. The first-order valence-corrected chi connectivity index (χ1v) is 9.62. The zero-order valence-electron chi connectivity index (χ0n) is 18.5. The molecule has 8 heteroatoms. The van der Waals surface area contributed by atoms with Crippen LogP contribution in [0.1, 0.15) is 18.1 Å². The smallest absolute Gasteiger partial charge is 0.203 e. The van der Waals surface area contributed by atoms with Crippen molar-refractivity contribution in [2.24, 2.45) is 4.99 Å². The van der Waals surface area contributed by atoms with Crippen LogP contribution in [0.5, 0.6) is 28.7 Å². The lowest BCUT2D eigenvalue weighted by Gasteiger charge is -2.15. The van der Waals surface area contributed by atoms with Crippen LogP contribution in [0.15, 0.2) is 35.3 Å². The Hall–Kier alpha value is -3.29. The van der Waals surface area contributed by atoms with Crippen molar-refractivity contribution in [3.8, 4) is 28.7 Å². The third-order valence-corrected chi connectivity index (χ3v) is 4.40. The number of hydrogen-bond acceptors (Lipinski definition) is 6. The first-order chi connectivity index (χ1) is 14.6. The summed E-state index contributed by atoms with van der Waals surface area (Å²) in [5.74, 6) is 3.85. The lowest BCUT2D eigenvalue weighted by molar-refractivity contribution is 0.324. The fraction of sp³-hybridized carbons (Fsp3) is 0.409. The molecule has 8 nitrogen and oxygen atoms in total. The molecule has 0 radical (unpaired) electrons. The maximum Gasteiger partial charge on any atom is 0.203 e. The molecule has 0 fully saturated rings. The van der Waals surface area contributed by atoms with E-state index in [1.807, 2.05) is 37.3 Å². The molecule has 2 rings (SSSR count). The molecule has 0 aliphatic carbocycles. The zero-order valence-corrected chi connectivity index (χ0v) is 18.5. The van der Waals surface area contributed by atoms with Gasteiger partial charge in [-0.2, -0.15) is 0 Å². The predicted octanol–water partition coefficient (Wildman–Crippen LogP) is 2.98. The van der Waals surface area contributed by atoms with E-state index in [9.17, 15) is 0 Å². The Morgan fingerprint density at radius 2 is 1.33 bits per heavy atom. The Morgan fingerprint density at radius 3 is 1.87 bits per heavy atom. The molecule has 0 saturated carbocycles. The normalized spacial score (nSPS) is 10.9. The molecule has 30 heavy (non-hydrogen) atoms. The van der Waals surface area contributed by atoms with E-state index in [2.05, 4.69) is 15.6 Å². The van der Waals surface area contributed by atoms with Crippen molar-refractivity contribution in [1.29, 1.82) is 0 Å². The summed E-state index contributed by atoms with van der Waals surface area (Å²) < 4.78 is 26.8. The summed E-state index contributed by atoms with van der Waals surface area (Å²) in [5, 5.41) is 6.58. The Morgan fingerprint density at radius 1 is 0.733 bits per heavy atom. The number of rotatable bonds is 10. The average Bonchev–Trinajstić information content (AvgIpc) is 2.79. The summed E-state index contributed by atoms with van der Waals surface area (Å²) in [7, 11) is 8.02. The minimum Gasteiger partial charge on any atom is -0.493 e. The molecular weight excluding hydrogens is 386 g/mol. The van der Waals surface area contributed by atoms with Crippen LogP contribution in [0, 0.1) is 0 Å². The summed E-state index contributed by atoms with van der Waals surface area (Å²) >= 11 is 0. The monoisotopic (exact) mass is 417 g/mol. The van der Waals surface area contributed by atoms with Gasteiger partial charge in [-0.15, -0.1) is 0 Å². The van der Waals surface area contributed by atoms with Gasteiger partial charge in [0.05, 0.1) is 42.1 Å². The first kappa shape index (κ1) is 23.0. The minimum absolute atomic E-state index is 0.442. The number of nitrogens with zero attached hydrogens (tertiary/aromatic N) is 1. The Kier molecular flexibility index (Phi) is 8.93. The van der Waals surface area contributed by atoms with Crippen LogP contribution in [0.25, 0.3) is 0 Å². The van der Waals surface area contributed by atoms with E-state index in [1.165, 1.54) is 0 Å². The molecule has 0 aliphatic heterocycles. The second-order valence-corrected chi connectivity index (χ2v) is 6.27. The molecule has 0 bridgehead atoms. The number of ether oxygens (including phenoxy) is 5. The van der Waals surface area contributed by atoms with Crippen LogP contribution in [-0.2, 0) is 13.1 Å². The van der Waals surface area contributed by atoms with Gasteiger partial charge in [0.2, 0.25) is 5.75 Å². The van der Waals surface area contributed by atoms with Crippen LogP contribution >= 0.6 is 0 Å². The van der Waals surface area contributed by atoms with Gasteiger partial charge in [0.1, 0.15) is 0 Å². The molecule has 0 aliphatic rings. The molecular formula is C22H31N3O5. The van der Waals surface area contributed by atoms with Gasteiger partial charge in [0.25, 0.3) is 0 Å². The van der Waals surface area contributed by atoms with Crippen LogP contribution < -0.4 is 34.3 Å². The minimum atomic E-state index is 0.442. The summed E-state index contributed by atoms with van der Waals surface area (Å²) in [6.07, 6.45) is 0. The number of nitrogens with one attached hydrogen (secondary N) is 2. The second kappa shape index (κ2) is 11.6. The van der Waals surface area contributed by atoms with Gasteiger partial charge in [-0.1, -0.05) is 6.07 Å². The topological polar surface area (TPSA) is 82.6 Å². The molecule has 0 atom stereocenters. The molecule has 0 saturated heterocycles. The highest BCUT2D eigenvalue weighted by Crippen LogP contribution is 2.38. The molecule has 2 N–H and O–H groups in total. The lowest BCUT2D eigenvalue weighted by atomic mass is 10.2. The molecule has 0 unspecified atom stereocenters. The first-order valence-electron chi connectivity index (χ1n) is 9.62. The van der Waals surface area contributed by atoms with Crippen LogP contribution in [0.4, 0.5) is 0 Å². The third kappa shape index (κ3) is 5.85.